The van der Waals surface area contributed by atoms with Crippen molar-refractivity contribution in [2.45, 2.75) is 25.6 Å². The topological polar surface area (TPSA) is 57.6 Å². The molecule has 1 N–H and O–H groups in total. The van der Waals surface area contributed by atoms with Gasteiger partial charge in [0.2, 0.25) is 5.91 Å². The van der Waals surface area contributed by atoms with E-state index in [4.69, 9.17) is 5.11 Å². The van der Waals surface area contributed by atoms with Crippen LogP contribution in [-0.2, 0) is 9.59 Å². The first kappa shape index (κ1) is 8.96. The summed E-state index contributed by atoms with van der Waals surface area (Å²) in [6.45, 7) is 1.45. The van der Waals surface area contributed by atoms with E-state index in [0.29, 0.717) is 0 Å². The summed E-state index contributed by atoms with van der Waals surface area (Å²) in [6.07, 6.45) is -1.30. The van der Waals surface area contributed by atoms with E-state index in [1.54, 1.807) is 0 Å². The van der Waals surface area contributed by atoms with E-state index in [9.17, 15) is 14.0 Å². The molecule has 1 rings (SSSR count). The van der Waals surface area contributed by atoms with Gasteiger partial charge in [0.25, 0.3) is 0 Å². The normalized spacial score (nSPS) is 29.0. The molecule has 0 aromatic rings. The molecular formula is C7H10FNO3. The lowest BCUT2D eigenvalue weighted by atomic mass is 10.2. The van der Waals surface area contributed by atoms with Crippen LogP contribution in [0.25, 0.3) is 0 Å². The van der Waals surface area contributed by atoms with Crippen LogP contribution in [0.5, 0.6) is 0 Å². The van der Waals surface area contributed by atoms with Crippen molar-refractivity contribution in [2.24, 2.45) is 0 Å². The molecule has 1 saturated heterocycles. The molecule has 0 aromatic carbocycles. The van der Waals surface area contributed by atoms with Gasteiger partial charge in [-0.2, -0.15) is 0 Å². The van der Waals surface area contributed by atoms with Crippen molar-refractivity contribution < 1.29 is 19.1 Å². The summed E-state index contributed by atoms with van der Waals surface area (Å²) in [7, 11) is 0. The van der Waals surface area contributed by atoms with Crippen molar-refractivity contribution in [3.8, 4) is 0 Å². The maximum atomic E-state index is 12.9. The van der Waals surface area contributed by atoms with Gasteiger partial charge in [-0.25, -0.2) is 9.18 Å². The minimum absolute atomic E-state index is 0.122. The van der Waals surface area contributed by atoms with Crippen molar-refractivity contribution in [1.82, 2.24) is 4.90 Å². The van der Waals surface area contributed by atoms with E-state index in [0.717, 1.165) is 4.90 Å². The van der Waals surface area contributed by atoms with Gasteiger partial charge >= 0.3 is 5.97 Å². The molecule has 5 heteroatoms. The molecule has 0 bridgehead atoms. The molecular weight excluding hydrogens is 165 g/mol. The van der Waals surface area contributed by atoms with Gasteiger partial charge in [-0.15, -0.1) is 0 Å². The summed E-state index contributed by atoms with van der Waals surface area (Å²) in [4.78, 5) is 22.3. The summed E-state index contributed by atoms with van der Waals surface area (Å²) < 4.78 is 12.9. The third-order valence-corrected chi connectivity index (χ3v) is 1.98. The monoisotopic (exact) mass is 175 g/mol. The standard InChI is InChI=1S/C7H10FNO3/c1-4(10)9-3-2-5(8)6(9)7(11)12/h5-6H,2-3H2,1H3,(H,11,12)/t5-,6+/m1/s1. The zero-order valence-corrected chi connectivity index (χ0v) is 6.66. The van der Waals surface area contributed by atoms with Gasteiger partial charge in [0, 0.05) is 13.5 Å². The molecule has 0 unspecified atom stereocenters. The maximum absolute atomic E-state index is 12.9. The number of carbonyl (C=O) groups is 2. The number of nitrogens with zero attached hydrogens (tertiary/aromatic N) is 1. The van der Waals surface area contributed by atoms with Gasteiger partial charge in [0.1, 0.15) is 6.17 Å². The van der Waals surface area contributed by atoms with E-state index in [2.05, 4.69) is 0 Å². The van der Waals surface area contributed by atoms with Gasteiger partial charge < -0.3 is 10.0 Å². The van der Waals surface area contributed by atoms with E-state index in [1.165, 1.54) is 6.92 Å². The predicted octanol–water partition coefficient (Wildman–Crippen LogP) is 0.0299. The van der Waals surface area contributed by atoms with Gasteiger partial charge in [0.05, 0.1) is 0 Å². The number of aliphatic carboxylic acids is 1. The Morgan fingerprint density at radius 3 is 2.50 bits per heavy atom. The smallest absolute Gasteiger partial charge is 0.329 e. The number of hydrogen-bond donors (Lipinski definition) is 1. The van der Waals surface area contributed by atoms with Crippen LogP contribution in [0.1, 0.15) is 13.3 Å². The lowest BCUT2D eigenvalue weighted by Gasteiger charge is -2.19. The van der Waals surface area contributed by atoms with Gasteiger partial charge in [-0.3, -0.25) is 4.79 Å². The highest BCUT2D eigenvalue weighted by Gasteiger charge is 2.40. The molecule has 0 spiro atoms. The van der Waals surface area contributed by atoms with Crippen molar-refractivity contribution in [2.75, 3.05) is 6.54 Å². The number of alkyl halides is 1. The van der Waals surface area contributed by atoms with Gasteiger partial charge in [-0.05, 0) is 6.42 Å². The minimum atomic E-state index is -1.42. The number of halogens is 1. The van der Waals surface area contributed by atoms with Crippen LogP contribution in [-0.4, -0.2) is 40.6 Å². The Bertz CT molecular complexity index is 219. The number of carboxylic acid groups (broad SMARTS) is 1. The number of likely N-dealkylation sites (tertiary alicyclic amines) is 1. The fourth-order valence-electron chi connectivity index (χ4n) is 1.40. The Labute approximate surface area is 69.0 Å². The molecule has 4 nitrogen and oxygen atoms in total. The molecule has 12 heavy (non-hydrogen) atoms. The molecule has 1 fully saturated rings. The third kappa shape index (κ3) is 1.39. The Kier molecular flexibility index (Phi) is 2.30. The van der Waals surface area contributed by atoms with Crippen molar-refractivity contribution in [3.63, 3.8) is 0 Å². The van der Waals surface area contributed by atoms with E-state index in [-0.39, 0.29) is 18.9 Å². The summed E-state index contributed by atoms with van der Waals surface area (Å²) in [5.41, 5.74) is 0. The number of carboxylic acids is 1. The Hall–Kier alpha value is -1.13. The fraction of sp³-hybridized carbons (Fsp3) is 0.714. The summed E-state index contributed by atoms with van der Waals surface area (Å²) >= 11 is 0. The first-order chi connectivity index (χ1) is 5.54. The molecule has 1 aliphatic heterocycles. The Morgan fingerprint density at radius 2 is 2.17 bits per heavy atom. The molecule has 1 amide bonds. The Morgan fingerprint density at radius 1 is 1.58 bits per heavy atom. The van der Waals surface area contributed by atoms with Crippen LogP contribution in [0.3, 0.4) is 0 Å². The highest BCUT2D eigenvalue weighted by Crippen LogP contribution is 2.20. The first-order valence-corrected chi connectivity index (χ1v) is 3.68. The third-order valence-electron chi connectivity index (χ3n) is 1.98. The lowest BCUT2D eigenvalue weighted by Crippen LogP contribution is -2.42. The lowest BCUT2D eigenvalue weighted by molar-refractivity contribution is -0.149. The Balaban J connectivity index is 2.77. The molecule has 0 aromatic heterocycles. The van der Waals surface area contributed by atoms with Crippen LogP contribution >= 0.6 is 0 Å². The summed E-state index contributed by atoms with van der Waals surface area (Å²) in [5.74, 6) is -1.65. The second kappa shape index (κ2) is 3.08. The highest BCUT2D eigenvalue weighted by atomic mass is 19.1. The first-order valence-electron chi connectivity index (χ1n) is 3.68. The zero-order valence-electron chi connectivity index (χ0n) is 6.66. The number of hydrogen-bond acceptors (Lipinski definition) is 2. The average molecular weight is 175 g/mol. The largest absolute Gasteiger partial charge is 0.480 e. The molecule has 0 saturated carbocycles. The van der Waals surface area contributed by atoms with Crippen LogP contribution in [0, 0.1) is 0 Å². The van der Waals surface area contributed by atoms with Gasteiger partial charge in [-0.1, -0.05) is 0 Å². The fourth-order valence-corrected chi connectivity index (χ4v) is 1.40. The van der Waals surface area contributed by atoms with Crippen LogP contribution < -0.4 is 0 Å². The van der Waals surface area contributed by atoms with E-state index in [1.807, 2.05) is 0 Å². The molecule has 0 aliphatic carbocycles. The molecule has 1 heterocycles. The van der Waals surface area contributed by atoms with Gasteiger partial charge in [0.15, 0.2) is 6.04 Å². The molecule has 1 aliphatic rings. The quantitative estimate of drug-likeness (QED) is 0.611. The molecule has 68 valence electrons. The van der Waals surface area contributed by atoms with Crippen molar-refractivity contribution >= 4 is 11.9 Å². The highest BCUT2D eigenvalue weighted by molar-refractivity contribution is 5.83. The average Bonchev–Trinajstić information content (AvgIpc) is 2.30. The molecule has 2 atom stereocenters. The second-order valence-corrected chi connectivity index (χ2v) is 2.80. The number of rotatable bonds is 1. The van der Waals surface area contributed by atoms with Crippen molar-refractivity contribution in [1.29, 1.82) is 0 Å². The minimum Gasteiger partial charge on any atom is -0.480 e. The maximum Gasteiger partial charge on any atom is 0.329 e. The van der Waals surface area contributed by atoms with E-state index < -0.39 is 18.2 Å². The predicted molar refractivity (Wildman–Crippen MR) is 38.3 cm³/mol. The van der Waals surface area contributed by atoms with Crippen molar-refractivity contribution in [3.05, 3.63) is 0 Å². The number of carbonyl (C=O) groups excluding carboxylic acids is 1. The SMILES string of the molecule is CC(=O)N1CC[C@@H](F)[C@H]1C(=O)O. The summed E-state index contributed by atoms with van der Waals surface area (Å²) in [5, 5.41) is 8.57. The van der Waals surface area contributed by atoms with Crippen LogP contribution in [0.4, 0.5) is 4.39 Å². The number of amides is 1. The van der Waals surface area contributed by atoms with Crippen LogP contribution in [0.15, 0.2) is 0 Å². The molecule has 0 radical (unpaired) electrons. The van der Waals surface area contributed by atoms with E-state index >= 15 is 0 Å². The zero-order chi connectivity index (χ0) is 9.30. The summed E-state index contributed by atoms with van der Waals surface area (Å²) in [6, 6.07) is -1.28. The van der Waals surface area contributed by atoms with Crippen LogP contribution in [0.2, 0.25) is 0 Å². The second-order valence-electron chi connectivity index (χ2n) is 2.80.